The van der Waals surface area contributed by atoms with Gasteiger partial charge in [-0.25, -0.2) is 4.39 Å². The van der Waals surface area contributed by atoms with E-state index in [2.05, 4.69) is 10.5 Å². The minimum absolute atomic E-state index is 0.0394. The fraction of sp³-hybridized carbons (Fsp3) is 0.167. The Labute approximate surface area is 118 Å². The highest BCUT2D eigenvalue weighted by Gasteiger charge is 2.08. The van der Waals surface area contributed by atoms with E-state index < -0.39 is 5.82 Å². The molecule has 0 unspecified atom stereocenters. The molecule has 0 atom stereocenters. The van der Waals surface area contributed by atoms with E-state index >= 15 is 0 Å². The predicted octanol–water partition coefficient (Wildman–Crippen LogP) is 3.51. The Morgan fingerprint density at radius 1 is 1.53 bits per heavy atom. The fourth-order valence-electron chi connectivity index (χ4n) is 1.32. The first-order valence-corrected chi connectivity index (χ1v) is 6.72. The van der Waals surface area contributed by atoms with Crippen LogP contribution in [0, 0.1) is 12.7 Å². The predicted molar refractivity (Wildman–Crippen MR) is 72.0 cm³/mol. The molecule has 1 amide bonds. The number of halogens is 2. The highest BCUT2D eigenvalue weighted by atomic mass is 35.5. The standard InChI is InChI=1S/C12H10ClFN2O2S/c1-7-4-11(16-18-7)15-12(17)6-19-8-2-3-10(14)9(13)5-8/h2-5H,6H2,1H3,(H,15,16,17). The van der Waals surface area contributed by atoms with Gasteiger partial charge in [0.25, 0.3) is 0 Å². The van der Waals surface area contributed by atoms with Crippen LogP contribution in [0.1, 0.15) is 5.76 Å². The summed E-state index contributed by atoms with van der Waals surface area (Å²) in [5.41, 5.74) is 0. The Morgan fingerprint density at radius 2 is 2.32 bits per heavy atom. The summed E-state index contributed by atoms with van der Waals surface area (Å²) in [6, 6.07) is 5.94. The average Bonchev–Trinajstić information content (AvgIpc) is 2.76. The van der Waals surface area contributed by atoms with Crippen LogP contribution in [0.3, 0.4) is 0 Å². The van der Waals surface area contributed by atoms with E-state index in [0.717, 1.165) is 4.90 Å². The first-order chi connectivity index (χ1) is 9.04. The number of carbonyl (C=O) groups is 1. The van der Waals surface area contributed by atoms with Gasteiger partial charge >= 0.3 is 0 Å². The van der Waals surface area contributed by atoms with Crippen molar-refractivity contribution in [2.75, 3.05) is 11.1 Å². The van der Waals surface area contributed by atoms with Crippen LogP contribution in [-0.2, 0) is 4.79 Å². The van der Waals surface area contributed by atoms with Crippen LogP contribution < -0.4 is 5.32 Å². The van der Waals surface area contributed by atoms with Crippen molar-refractivity contribution in [1.29, 1.82) is 0 Å². The molecular weight excluding hydrogens is 291 g/mol. The van der Waals surface area contributed by atoms with E-state index in [0.29, 0.717) is 11.6 Å². The van der Waals surface area contributed by atoms with E-state index in [1.807, 2.05) is 0 Å². The largest absolute Gasteiger partial charge is 0.360 e. The fourth-order valence-corrected chi connectivity index (χ4v) is 2.30. The molecule has 0 saturated heterocycles. The summed E-state index contributed by atoms with van der Waals surface area (Å²) >= 11 is 6.91. The normalized spacial score (nSPS) is 10.5. The van der Waals surface area contributed by atoms with Crippen LogP contribution in [0.2, 0.25) is 5.02 Å². The lowest BCUT2D eigenvalue weighted by Crippen LogP contribution is -2.14. The Balaban J connectivity index is 1.88. The van der Waals surface area contributed by atoms with Crippen LogP contribution in [-0.4, -0.2) is 16.8 Å². The maximum Gasteiger partial charge on any atom is 0.235 e. The molecule has 19 heavy (non-hydrogen) atoms. The van der Waals surface area contributed by atoms with Crippen molar-refractivity contribution < 1.29 is 13.7 Å². The molecule has 0 radical (unpaired) electrons. The quantitative estimate of drug-likeness (QED) is 0.878. The molecular formula is C12H10ClFN2O2S. The third kappa shape index (κ3) is 3.97. The molecule has 0 bridgehead atoms. The minimum Gasteiger partial charge on any atom is -0.360 e. The number of thioether (sulfide) groups is 1. The molecule has 0 aliphatic carbocycles. The Morgan fingerprint density at radius 3 is 2.95 bits per heavy atom. The van der Waals surface area contributed by atoms with Gasteiger partial charge in [-0.05, 0) is 25.1 Å². The van der Waals surface area contributed by atoms with Crippen LogP contribution in [0.15, 0.2) is 33.7 Å². The number of hydrogen-bond donors (Lipinski definition) is 1. The summed E-state index contributed by atoms with van der Waals surface area (Å²) in [6.07, 6.45) is 0. The number of hydrogen-bond acceptors (Lipinski definition) is 4. The van der Waals surface area contributed by atoms with Crippen molar-refractivity contribution in [1.82, 2.24) is 5.16 Å². The smallest absolute Gasteiger partial charge is 0.235 e. The monoisotopic (exact) mass is 300 g/mol. The number of nitrogens with zero attached hydrogens (tertiary/aromatic N) is 1. The van der Waals surface area contributed by atoms with Crippen LogP contribution >= 0.6 is 23.4 Å². The second-order valence-electron chi connectivity index (χ2n) is 3.74. The Hall–Kier alpha value is -1.53. The molecule has 1 N–H and O–H groups in total. The van der Waals surface area contributed by atoms with Crippen molar-refractivity contribution in [3.05, 3.63) is 40.9 Å². The molecule has 0 aliphatic rings. The molecule has 0 saturated carbocycles. The summed E-state index contributed by atoms with van der Waals surface area (Å²) in [5.74, 6) is 0.467. The van der Waals surface area contributed by atoms with E-state index in [1.165, 1.54) is 23.9 Å². The van der Waals surface area contributed by atoms with Crippen LogP contribution in [0.5, 0.6) is 0 Å². The lowest BCUT2D eigenvalue weighted by Gasteiger charge is -2.03. The third-order valence-electron chi connectivity index (χ3n) is 2.16. The van der Waals surface area contributed by atoms with E-state index in [-0.39, 0.29) is 16.7 Å². The molecule has 0 aliphatic heterocycles. The molecule has 4 nitrogen and oxygen atoms in total. The van der Waals surface area contributed by atoms with Crippen molar-refractivity contribution in [3.8, 4) is 0 Å². The molecule has 1 aromatic heterocycles. The van der Waals surface area contributed by atoms with E-state index in [1.54, 1.807) is 19.1 Å². The molecule has 0 spiro atoms. The van der Waals surface area contributed by atoms with Gasteiger partial charge < -0.3 is 9.84 Å². The number of rotatable bonds is 4. The first-order valence-electron chi connectivity index (χ1n) is 5.35. The van der Waals surface area contributed by atoms with Gasteiger partial charge in [0.05, 0.1) is 10.8 Å². The number of aromatic nitrogens is 1. The highest BCUT2D eigenvalue weighted by molar-refractivity contribution is 8.00. The van der Waals surface area contributed by atoms with E-state index in [9.17, 15) is 9.18 Å². The van der Waals surface area contributed by atoms with Crippen LogP contribution in [0.4, 0.5) is 10.2 Å². The molecule has 1 aromatic carbocycles. The van der Waals surface area contributed by atoms with Crippen molar-refractivity contribution >= 4 is 35.1 Å². The van der Waals surface area contributed by atoms with Crippen molar-refractivity contribution in [3.63, 3.8) is 0 Å². The van der Waals surface area contributed by atoms with Gasteiger partial charge in [-0.1, -0.05) is 16.8 Å². The van der Waals surface area contributed by atoms with Crippen molar-refractivity contribution in [2.24, 2.45) is 0 Å². The zero-order chi connectivity index (χ0) is 13.8. The zero-order valence-electron chi connectivity index (χ0n) is 9.94. The maximum atomic E-state index is 12.9. The number of benzene rings is 1. The third-order valence-corrected chi connectivity index (χ3v) is 3.44. The van der Waals surface area contributed by atoms with Gasteiger partial charge in [-0.3, -0.25) is 4.79 Å². The number of nitrogens with one attached hydrogen (secondary N) is 1. The number of aryl methyl sites for hydroxylation is 1. The Kier molecular flexibility index (Phi) is 4.44. The molecule has 2 aromatic rings. The first kappa shape index (κ1) is 13.9. The lowest BCUT2D eigenvalue weighted by atomic mass is 10.3. The summed E-state index contributed by atoms with van der Waals surface area (Å²) in [5, 5.41) is 6.28. The Bertz CT molecular complexity index is 603. The second kappa shape index (κ2) is 6.08. The lowest BCUT2D eigenvalue weighted by molar-refractivity contribution is -0.113. The van der Waals surface area contributed by atoms with Gasteiger partial charge in [-0.2, -0.15) is 0 Å². The summed E-state index contributed by atoms with van der Waals surface area (Å²) in [6.45, 7) is 1.73. The zero-order valence-corrected chi connectivity index (χ0v) is 11.5. The topological polar surface area (TPSA) is 55.1 Å². The van der Waals surface area contributed by atoms with Gasteiger partial charge in [0.2, 0.25) is 5.91 Å². The molecule has 0 fully saturated rings. The van der Waals surface area contributed by atoms with Gasteiger partial charge in [0.1, 0.15) is 11.6 Å². The molecule has 1 heterocycles. The van der Waals surface area contributed by atoms with Gasteiger partial charge in [0, 0.05) is 11.0 Å². The minimum atomic E-state index is -0.478. The summed E-state index contributed by atoms with van der Waals surface area (Å²) in [7, 11) is 0. The van der Waals surface area contributed by atoms with Gasteiger partial charge in [-0.15, -0.1) is 11.8 Å². The molecule has 2 rings (SSSR count). The number of anilines is 1. The highest BCUT2D eigenvalue weighted by Crippen LogP contribution is 2.24. The number of amides is 1. The van der Waals surface area contributed by atoms with Crippen molar-refractivity contribution in [2.45, 2.75) is 11.8 Å². The van der Waals surface area contributed by atoms with E-state index in [4.69, 9.17) is 16.1 Å². The molecule has 100 valence electrons. The maximum absolute atomic E-state index is 12.9. The second-order valence-corrected chi connectivity index (χ2v) is 5.19. The van der Waals surface area contributed by atoms with Gasteiger partial charge in [0.15, 0.2) is 5.82 Å². The SMILES string of the molecule is Cc1cc(NC(=O)CSc2ccc(F)c(Cl)c2)no1. The number of carbonyl (C=O) groups excluding carboxylic acids is 1. The average molecular weight is 301 g/mol. The summed E-state index contributed by atoms with van der Waals surface area (Å²) < 4.78 is 17.8. The molecule has 7 heteroatoms. The summed E-state index contributed by atoms with van der Waals surface area (Å²) in [4.78, 5) is 12.3. The van der Waals surface area contributed by atoms with Crippen LogP contribution in [0.25, 0.3) is 0 Å².